The van der Waals surface area contributed by atoms with Crippen molar-refractivity contribution in [1.29, 1.82) is 0 Å². The number of hydrogen-bond acceptors (Lipinski definition) is 3. The van der Waals surface area contributed by atoms with Crippen molar-refractivity contribution in [2.75, 3.05) is 10.6 Å². The fourth-order valence-corrected chi connectivity index (χ4v) is 6.36. The van der Waals surface area contributed by atoms with Crippen LogP contribution in [0.3, 0.4) is 0 Å². The van der Waals surface area contributed by atoms with Crippen molar-refractivity contribution in [3.05, 3.63) is 87.8 Å². The highest BCUT2D eigenvalue weighted by Gasteiger charge is 2.23. The number of aromatic nitrogens is 2. The smallest absolute Gasteiger partial charge is 0.307 e. The van der Waals surface area contributed by atoms with Gasteiger partial charge in [-0.05, 0) is 72.1 Å². The minimum Gasteiger partial charge on any atom is -0.307 e. The van der Waals surface area contributed by atoms with E-state index in [1.54, 1.807) is 10.8 Å². The number of nitrogens with one attached hydrogen (secondary N) is 2. The molecule has 1 saturated carbocycles. The van der Waals surface area contributed by atoms with Gasteiger partial charge in [0.25, 0.3) is 5.56 Å². The zero-order chi connectivity index (χ0) is 31.9. The van der Waals surface area contributed by atoms with Crippen LogP contribution in [0, 0.1) is 17.8 Å². The summed E-state index contributed by atoms with van der Waals surface area (Å²) in [5, 5.41) is 6.97. The molecule has 0 bridgehead atoms. The highest BCUT2D eigenvalue weighted by Crippen LogP contribution is 2.35. The molecule has 5 rings (SSSR count). The maximum atomic E-state index is 14.3. The standard InChI is InChI=1S/C39H46N4O2/c1-6-7-24-43-37-33(20-13-23-40-37)34(30-17-11-16-29(25-30)22-21-28-14-9-8-10-15-28)36(38(43)44)42-39(45)41-35-31(26(2)3)18-12-19-32(35)27(4)5/h11-13,16-20,23,25-28H,6-10,14-15,24H2,1-5H3,(H2,41,42,45). The molecule has 4 aromatic rings. The summed E-state index contributed by atoms with van der Waals surface area (Å²) in [6.07, 6.45) is 9.55. The molecule has 1 aliphatic rings. The minimum atomic E-state index is -0.443. The molecule has 1 fully saturated rings. The summed E-state index contributed by atoms with van der Waals surface area (Å²) in [5.74, 6) is 7.75. The van der Waals surface area contributed by atoms with E-state index in [2.05, 4.69) is 74.2 Å². The van der Waals surface area contributed by atoms with Gasteiger partial charge in [0.2, 0.25) is 0 Å². The van der Waals surface area contributed by atoms with Gasteiger partial charge in [-0.25, -0.2) is 9.78 Å². The van der Waals surface area contributed by atoms with Gasteiger partial charge in [-0.15, -0.1) is 0 Å². The average Bonchev–Trinajstić information content (AvgIpc) is 3.04. The summed E-state index contributed by atoms with van der Waals surface area (Å²) in [4.78, 5) is 32.8. The van der Waals surface area contributed by atoms with Gasteiger partial charge >= 0.3 is 6.03 Å². The summed E-state index contributed by atoms with van der Waals surface area (Å²) >= 11 is 0. The highest BCUT2D eigenvalue weighted by atomic mass is 16.2. The number of nitrogens with zero attached hydrogens (tertiary/aromatic N) is 2. The van der Waals surface area contributed by atoms with Crippen LogP contribution in [-0.4, -0.2) is 15.6 Å². The maximum Gasteiger partial charge on any atom is 0.323 e. The third-order valence-corrected chi connectivity index (χ3v) is 8.78. The van der Waals surface area contributed by atoms with E-state index in [1.165, 1.54) is 19.3 Å². The molecule has 0 radical (unpaired) electrons. The lowest BCUT2D eigenvalue weighted by Gasteiger charge is -2.22. The van der Waals surface area contributed by atoms with Crippen molar-refractivity contribution in [2.45, 2.75) is 97.9 Å². The molecule has 1 aliphatic carbocycles. The van der Waals surface area contributed by atoms with E-state index in [1.807, 2.05) is 42.5 Å². The molecule has 2 N–H and O–H groups in total. The number of para-hydroxylation sites is 1. The Kier molecular flexibility index (Phi) is 10.4. The molecule has 2 aromatic carbocycles. The predicted molar refractivity (Wildman–Crippen MR) is 187 cm³/mol. The normalized spacial score (nSPS) is 13.6. The molecule has 0 atom stereocenters. The predicted octanol–water partition coefficient (Wildman–Crippen LogP) is 9.69. The topological polar surface area (TPSA) is 76.0 Å². The molecule has 45 heavy (non-hydrogen) atoms. The number of urea groups is 1. The second-order valence-corrected chi connectivity index (χ2v) is 12.8. The van der Waals surface area contributed by atoms with Crippen LogP contribution in [0.1, 0.15) is 108 Å². The third-order valence-electron chi connectivity index (χ3n) is 8.78. The molecule has 6 heteroatoms. The number of unbranched alkanes of at least 4 members (excludes halogenated alkanes) is 1. The van der Waals surface area contributed by atoms with Crippen molar-refractivity contribution in [3.63, 3.8) is 0 Å². The lowest BCUT2D eigenvalue weighted by Crippen LogP contribution is -2.30. The first-order valence-electron chi connectivity index (χ1n) is 16.6. The number of anilines is 2. The highest BCUT2D eigenvalue weighted by molar-refractivity contribution is 6.07. The quantitative estimate of drug-likeness (QED) is 0.197. The molecular weight excluding hydrogens is 556 g/mol. The molecule has 6 nitrogen and oxygen atoms in total. The Morgan fingerprint density at radius 3 is 2.31 bits per heavy atom. The van der Waals surface area contributed by atoms with E-state index in [4.69, 9.17) is 0 Å². The van der Waals surface area contributed by atoms with Crippen LogP contribution in [-0.2, 0) is 6.54 Å². The van der Waals surface area contributed by atoms with Gasteiger partial charge in [0.1, 0.15) is 11.3 Å². The maximum absolute atomic E-state index is 14.3. The number of carbonyl (C=O) groups excluding carboxylic acids is 1. The minimum absolute atomic E-state index is 0.213. The summed E-state index contributed by atoms with van der Waals surface area (Å²) in [7, 11) is 0. The second kappa shape index (κ2) is 14.6. The van der Waals surface area contributed by atoms with Gasteiger partial charge in [-0.1, -0.05) is 102 Å². The van der Waals surface area contributed by atoms with Crippen LogP contribution >= 0.6 is 0 Å². The summed E-state index contributed by atoms with van der Waals surface area (Å²) < 4.78 is 1.70. The summed E-state index contributed by atoms with van der Waals surface area (Å²) in [5.41, 5.74) is 5.89. The third kappa shape index (κ3) is 7.31. The number of benzene rings is 2. The van der Waals surface area contributed by atoms with Crippen LogP contribution in [0.15, 0.2) is 65.6 Å². The zero-order valence-electron chi connectivity index (χ0n) is 27.4. The number of hydrogen-bond donors (Lipinski definition) is 2. The molecule has 0 spiro atoms. The van der Waals surface area contributed by atoms with Crippen molar-refractivity contribution in [1.82, 2.24) is 9.55 Å². The van der Waals surface area contributed by atoms with Crippen molar-refractivity contribution in [2.24, 2.45) is 5.92 Å². The average molecular weight is 603 g/mol. The van der Waals surface area contributed by atoms with Crippen molar-refractivity contribution < 1.29 is 4.79 Å². The van der Waals surface area contributed by atoms with Gasteiger partial charge in [-0.3, -0.25) is 9.36 Å². The van der Waals surface area contributed by atoms with Crippen LogP contribution in [0.25, 0.3) is 22.2 Å². The van der Waals surface area contributed by atoms with Crippen LogP contribution in [0.5, 0.6) is 0 Å². The summed E-state index contributed by atoms with van der Waals surface area (Å²) in [6.45, 7) is 11.1. The Labute approximate surface area is 267 Å². The Bertz CT molecular complexity index is 1760. The van der Waals surface area contributed by atoms with E-state index in [-0.39, 0.29) is 23.1 Å². The SMILES string of the molecule is CCCCn1c(=O)c(NC(=O)Nc2c(C(C)C)cccc2C(C)C)c(-c2cccc(C#CC3CCCCC3)c2)c2cccnc21. The Morgan fingerprint density at radius 2 is 1.62 bits per heavy atom. The van der Waals surface area contributed by atoms with Crippen LogP contribution in [0.2, 0.25) is 0 Å². The first kappa shape index (κ1) is 32.0. The number of pyridine rings is 2. The van der Waals surface area contributed by atoms with E-state index in [0.717, 1.165) is 59.0 Å². The number of amides is 2. The first-order valence-corrected chi connectivity index (χ1v) is 16.6. The molecular formula is C39H46N4O2. The number of fused-ring (bicyclic) bond motifs is 1. The van der Waals surface area contributed by atoms with Gasteiger partial charge in [0.15, 0.2) is 0 Å². The Morgan fingerprint density at radius 1 is 0.933 bits per heavy atom. The van der Waals surface area contributed by atoms with E-state index in [9.17, 15) is 9.59 Å². The molecule has 0 unspecified atom stereocenters. The lowest BCUT2D eigenvalue weighted by atomic mass is 9.89. The molecule has 2 aromatic heterocycles. The zero-order valence-corrected chi connectivity index (χ0v) is 27.4. The van der Waals surface area contributed by atoms with Gasteiger partial charge in [0.05, 0.1) is 0 Å². The van der Waals surface area contributed by atoms with Crippen LogP contribution in [0.4, 0.5) is 16.2 Å². The Hall–Kier alpha value is -4.37. The molecule has 2 heterocycles. The van der Waals surface area contributed by atoms with Gasteiger partial charge in [-0.2, -0.15) is 0 Å². The monoisotopic (exact) mass is 602 g/mol. The van der Waals surface area contributed by atoms with Gasteiger partial charge < -0.3 is 10.6 Å². The molecule has 234 valence electrons. The van der Waals surface area contributed by atoms with E-state index < -0.39 is 6.03 Å². The Balaban J connectivity index is 1.63. The largest absolute Gasteiger partial charge is 0.323 e. The first-order chi connectivity index (χ1) is 21.8. The lowest BCUT2D eigenvalue weighted by molar-refractivity contribution is 0.262. The fraction of sp³-hybridized carbons (Fsp3) is 0.410. The van der Waals surface area contributed by atoms with Crippen LogP contribution < -0.4 is 16.2 Å². The molecule has 2 amide bonds. The van der Waals surface area contributed by atoms with E-state index >= 15 is 0 Å². The summed E-state index contributed by atoms with van der Waals surface area (Å²) in [6, 6.07) is 17.6. The van der Waals surface area contributed by atoms with Gasteiger partial charge in [0, 0.05) is 40.9 Å². The van der Waals surface area contributed by atoms with Crippen molar-refractivity contribution >= 4 is 28.4 Å². The number of carbonyl (C=O) groups is 1. The molecule has 0 saturated heterocycles. The number of rotatable bonds is 8. The van der Waals surface area contributed by atoms with E-state index in [0.29, 0.717) is 23.7 Å². The second-order valence-electron chi connectivity index (χ2n) is 12.8. The van der Waals surface area contributed by atoms with Crippen molar-refractivity contribution in [3.8, 4) is 23.0 Å². The number of aryl methyl sites for hydroxylation is 1. The molecule has 0 aliphatic heterocycles. The fourth-order valence-electron chi connectivity index (χ4n) is 6.36.